The van der Waals surface area contributed by atoms with Gasteiger partial charge in [-0.25, -0.2) is 18.4 Å². The maximum Gasteiger partial charge on any atom is 0.254 e. The number of amides is 1. The van der Waals surface area contributed by atoms with Gasteiger partial charge in [0.1, 0.15) is 5.82 Å². The third kappa shape index (κ3) is 5.42. The Hall–Kier alpha value is -1.76. The molecular weight excluding hydrogens is 314 g/mol. The van der Waals surface area contributed by atoms with Gasteiger partial charge in [-0.05, 0) is 18.8 Å². The minimum atomic E-state index is -3.20. The van der Waals surface area contributed by atoms with Gasteiger partial charge in [0.15, 0.2) is 9.84 Å². The molecule has 1 amide bonds. The van der Waals surface area contributed by atoms with Crippen molar-refractivity contribution in [3.63, 3.8) is 0 Å². The Balaban J connectivity index is 2.08. The first-order chi connectivity index (χ1) is 10.6. The number of hydrogen-bond donors (Lipinski definition) is 1. The number of sulfone groups is 1. The van der Waals surface area contributed by atoms with Crippen LogP contribution in [0.25, 0.3) is 0 Å². The van der Waals surface area contributed by atoms with Crippen LogP contribution in [-0.4, -0.2) is 36.6 Å². The largest absolute Gasteiger partial charge is 0.345 e. The highest BCUT2D eigenvalue weighted by molar-refractivity contribution is 7.93. The first kappa shape index (κ1) is 17.6. The van der Waals surface area contributed by atoms with E-state index in [1.165, 1.54) is 12.4 Å². The van der Waals surface area contributed by atoms with Crippen molar-refractivity contribution >= 4 is 15.7 Å². The number of nitrogens with zero attached hydrogens (tertiary/aromatic N) is 2. The number of nitrogens with one attached hydrogen (secondary N) is 1. The molecule has 6 nitrogen and oxygen atoms in total. The van der Waals surface area contributed by atoms with Crippen molar-refractivity contribution in [2.45, 2.75) is 45.1 Å². The van der Waals surface area contributed by atoms with Gasteiger partial charge in [-0.2, -0.15) is 0 Å². The smallest absolute Gasteiger partial charge is 0.254 e. The Bertz CT molecular complexity index is 699. The van der Waals surface area contributed by atoms with Gasteiger partial charge in [0.25, 0.3) is 5.91 Å². The van der Waals surface area contributed by atoms with E-state index in [0.717, 1.165) is 24.5 Å². The van der Waals surface area contributed by atoms with Crippen LogP contribution in [0.2, 0.25) is 0 Å². The SMILES string of the molecule is CC(C)(C)c1ncc(C(=O)N[C@H](/C=C/S(C)(=O)=O)C2CC2)cn1. The zero-order chi connectivity index (χ0) is 17.3. The molecule has 126 valence electrons. The molecule has 7 heteroatoms. The van der Waals surface area contributed by atoms with Gasteiger partial charge < -0.3 is 5.32 Å². The molecular formula is C16H23N3O3S. The maximum atomic E-state index is 12.3. The van der Waals surface area contributed by atoms with Crippen molar-refractivity contribution in [3.05, 3.63) is 35.3 Å². The molecule has 1 saturated carbocycles. The Kier molecular flexibility index (Phi) is 4.89. The quantitative estimate of drug-likeness (QED) is 0.885. The number of carbonyl (C=O) groups excluding carboxylic acids is 1. The summed E-state index contributed by atoms with van der Waals surface area (Å²) in [5.74, 6) is 0.678. The minimum Gasteiger partial charge on any atom is -0.345 e. The molecule has 1 N–H and O–H groups in total. The predicted octanol–water partition coefficient (Wildman–Crippen LogP) is 1.84. The molecule has 23 heavy (non-hydrogen) atoms. The molecule has 0 spiro atoms. The van der Waals surface area contributed by atoms with Gasteiger partial charge in [0.2, 0.25) is 0 Å². The fraction of sp³-hybridized carbons (Fsp3) is 0.562. The maximum absolute atomic E-state index is 12.3. The lowest BCUT2D eigenvalue weighted by atomic mass is 9.96. The molecule has 0 saturated heterocycles. The summed E-state index contributed by atoms with van der Waals surface area (Å²) in [4.78, 5) is 20.8. The summed E-state index contributed by atoms with van der Waals surface area (Å²) >= 11 is 0. The number of rotatable bonds is 5. The monoisotopic (exact) mass is 337 g/mol. The molecule has 1 aromatic heterocycles. The molecule has 0 radical (unpaired) electrons. The van der Waals surface area contributed by atoms with E-state index < -0.39 is 9.84 Å². The third-order valence-corrected chi connectivity index (χ3v) is 4.20. The first-order valence-electron chi connectivity index (χ1n) is 7.58. The van der Waals surface area contributed by atoms with Crippen molar-refractivity contribution in [1.82, 2.24) is 15.3 Å². The summed E-state index contributed by atoms with van der Waals surface area (Å²) in [6.45, 7) is 6.00. The third-order valence-electron chi connectivity index (χ3n) is 3.55. The lowest BCUT2D eigenvalue weighted by Crippen LogP contribution is -2.35. The van der Waals surface area contributed by atoms with Crippen molar-refractivity contribution in [1.29, 1.82) is 0 Å². The average Bonchev–Trinajstić information content (AvgIpc) is 3.26. The molecule has 1 heterocycles. The van der Waals surface area contributed by atoms with Gasteiger partial charge in [-0.15, -0.1) is 0 Å². The highest BCUT2D eigenvalue weighted by Gasteiger charge is 2.31. The van der Waals surface area contributed by atoms with Gasteiger partial charge >= 0.3 is 0 Å². The number of hydrogen-bond acceptors (Lipinski definition) is 5. The fourth-order valence-corrected chi connectivity index (χ4v) is 2.53. The Labute approximate surface area is 137 Å². The number of aromatic nitrogens is 2. The Morgan fingerprint density at radius 2 is 1.87 bits per heavy atom. The zero-order valence-electron chi connectivity index (χ0n) is 13.9. The first-order valence-corrected chi connectivity index (χ1v) is 9.53. The van der Waals surface area contributed by atoms with Gasteiger partial charge in [0.05, 0.1) is 11.6 Å². The number of carbonyl (C=O) groups is 1. The van der Waals surface area contributed by atoms with Gasteiger partial charge in [0, 0.05) is 29.5 Å². The summed E-state index contributed by atoms with van der Waals surface area (Å²) in [7, 11) is -3.20. The van der Waals surface area contributed by atoms with Crippen LogP contribution in [0.1, 0.15) is 49.8 Å². The van der Waals surface area contributed by atoms with Gasteiger partial charge in [-0.1, -0.05) is 26.8 Å². The van der Waals surface area contributed by atoms with Crippen LogP contribution in [0.15, 0.2) is 23.9 Å². The van der Waals surface area contributed by atoms with E-state index in [4.69, 9.17) is 0 Å². The summed E-state index contributed by atoms with van der Waals surface area (Å²) < 4.78 is 22.5. The van der Waals surface area contributed by atoms with Crippen molar-refractivity contribution in [2.75, 3.05) is 6.26 Å². The highest BCUT2D eigenvalue weighted by Crippen LogP contribution is 2.33. The highest BCUT2D eigenvalue weighted by atomic mass is 32.2. The standard InChI is InChI=1S/C16H23N3O3S/c1-16(2,3)15-17-9-12(10-18-15)14(20)19-13(11-5-6-11)7-8-23(4,21)22/h7-11,13H,5-6H2,1-4H3,(H,19,20)/b8-7+/t13-/m1/s1. The van der Waals surface area contributed by atoms with Crippen molar-refractivity contribution in [2.24, 2.45) is 5.92 Å². The fourth-order valence-electron chi connectivity index (χ4n) is 2.07. The van der Waals surface area contributed by atoms with Crippen LogP contribution in [-0.2, 0) is 15.3 Å². The van der Waals surface area contributed by atoms with Crippen LogP contribution in [0.4, 0.5) is 0 Å². The molecule has 0 aliphatic heterocycles. The van der Waals surface area contributed by atoms with Crippen molar-refractivity contribution in [3.8, 4) is 0 Å². The lowest BCUT2D eigenvalue weighted by Gasteiger charge is -2.17. The molecule has 0 bridgehead atoms. The Morgan fingerprint density at radius 1 is 1.30 bits per heavy atom. The molecule has 1 aliphatic carbocycles. The minimum absolute atomic E-state index is 0.177. The molecule has 0 unspecified atom stereocenters. The van der Waals surface area contributed by atoms with Crippen molar-refractivity contribution < 1.29 is 13.2 Å². The van der Waals surface area contributed by atoms with Crippen LogP contribution in [0, 0.1) is 5.92 Å². The lowest BCUT2D eigenvalue weighted by molar-refractivity contribution is 0.0940. The normalized spacial score (nSPS) is 17.2. The zero-order valence-corrected chi connectivity index (χ0v) is 14.7. The molecule has 2 rings (SSSR count). The Morgan fingerprint density at radius 3 is 2.30 bits per heavy atom. The topological polar surface area (TPSA) is 89.0 Å². The van der Waals surface area contributed by atoms with E-state index in [1.54, 1.807) is 6.08 Å². The molecule has 1 fully saturated rings. The summed E-state index contributed by atoms with van der Waals surface area (Å²) in [6, 6.07) is -0.278. The average molecular weight is 337 g/mol. The molecule has 1 aliphatic rings. The van der Waals surface area contributed by atoms with Crippen LogP contribution in [0.3, 0.4) is 0 Å². The predicted molar refractivity (Wildman–Crippen MR) is 88.7 cm³/mol. The van der Waals surface area contributed by atoms with Crippen LogP contribution >= 0.6 is 0 Å². The second kappa shape index (κ2) is 6.39. The second-order valence-electron chi connectivity index (χ2n) is 7.04. The van der Waals surface area contributed by atoms with Crippen LogP contribution in [0.5, 0.6) is 0 Å². The van der Waals surface area contributed by atoms with E-state index >= 15 is 0 Å². The van der Waals surface area contributed by atoms with Crippen LogP contribution < -0.4 is 5.32 Å². The van der Waals surface area contributed by atoms with E-state index in [1.807, 2.05) is 20.8 Å². The molecule has 1 atom stereocenters. The molecule has 0 aromatic carbocycles. The van der Waals surface area contributed by atoms with E-state index in [9.17, 15) is 13.2 Å². The second-order valence-corrected chi connectivity index (χ2v) is 8.97. The summed E-state index contributed by atoms with van der Waals surface area (Å²) in [6.07, 6.45) is 7.67. The summed E-state index contributed by atoms with van der Waals surface area (Å²) in [5.41, 5.74) is 0.195. The van der Waals surface area contributed by atoms with E-state index in [2.05, 4.69) is 15.3 Å². The summed E-state index contributed by atoms with van der Waals surface area (Å²) in [5, 5.41) is 4.00. The molecule has 1 aromatic rings. The van der Waals surface area contributed by atoms with E-state index in [-0.39, 0.29) is 17.4 Å². The van der Waals surface area contributed by atoms with Gasteiger partial charge in [-0.3, -0.25) is 4.79 Å². The van der Waals surface area contributed by atoms with E-state index in [0.29, 0.717) is 17.3 Å².